The van der Waals surface area contributed by atoms with Crippen molar-refractivity contribution in [2.24, 2.45) is 0 Å². The standard InChI is InChI=1S/C14H18INO3/c1-9-3-4-13-10(5-9)6-11(19-13)7-16-8-12(15)14(17)18-2/h3-5,11-12,16H,6-8H2,1-2H3. The highest BCUT2D eigenvalue weighted by Gasteiger charge is 2.23. The van der Waals surface area contributed by atoms with Gasteiger partial charge in [-0.15, -0.1) is 0 Å². The average molecular weight is 375 g/mol. The van der Waals surface area contributed by atoms with Gasteiger partial charge in [-0.05, 0) is 18.6 Å². The summed E-state index contributed by atoms with van der Waals surface area (Å²) in [7, 11) is 1.41. The summed E-state index contributed by atoms with van der Waals surface area (Å²) in [6.45, 7) is 3.43. The number of alkyl halides is 1. The van der Waals surface area contributed by atoms with E-state index in [9.17, 15) is 4.79 Å². The molecule has 1 aromatic rings. The third-order valence-electron chi connectivity index (χ3n) is 3.11. The predicted molar refractivity (Wildman–Crippen MR) is 82.0 cm³/mol. The van der Waals surface area contributed by atoms with Gasteiger partial charge in [-0.3, -0.25) is 4.79 Å². The van der Waals surface area contributed by atoms with Crippen LogP contribution in [0, 0.1) is 6.92 Å². The quantitative estimate of drug-likeness (QED) is 0.485. The number of esters is 1. The van der Waals surface area contributed by atoms with E-state index in [4.69, 9.17) is 4.74 Å². The molecule has 0 radical (unpaired) electrons. The van der Waals surface area contributed by atoms with Crippen molar-refractivity contribution in [2.45, 2.75) is 23.4 Å². The van der Waals surface area contributed by atoms with Gasteiger partial charge in [-0.1, -0.05) is 40.3 Å². The predicted octanol–water partition coefficient (Wildman–Crippen LogP) is 1.86. The Kier molecular flexibility index (Phi) is 5.04. The fraction of sp³-hybridized carbons (Fsp3) is 0.500. The van der Waals surface area contributed by atoms with Crippen LogP contribution in [-0.4, -0.2) is 36.2 Å². The topological polar surface area (TPSA) is 47.6 Å². The summed E-state index contributed by atoms with van der Waals surface area (Å²) in [5.41, 5.74) is 2.53. The minimum Gasteiger partial charge on any atom is -0.488 e. The summed E-state index contributed by atoms with van der Waals surface area (Å²) in [5, 5.41) is 3.26. The normalized spacial score (nSPS) is 18.6. The Morgan fingerprint density at radius 1 is 1.63 bits per heavy atom. The fourth-order valence-electron chi connectivity index (χ4n) is 2.15. The second-order valence-corrected chi connectivity index (χ2v) is 6.21. The van der Waals surface area contributed by atoms with Gasteiger partial charge >= 0.3 is 5.97 Å². The van der Waals surface area contributed by atoms with Crippen molar-refractivity contribution < 1.29 is 14.3 Å². The van der Waals surface area contributed by atoms with Crippen LogP contribution in [0.1, 0.15) is 11.1 Å². The molecule has 4 nitrogen and oxygen atoms in total. The van der Waals surface area contributed by atoms with Crippen LogP contribution in [0.15, 0.2) is 18.2 Å². The van der Waals surface area contributed by atoms with Crippen molar-refractivity contribution in [1.82, 2.24) is 5.32 Å². The monoisotopic (exact) mass is 375 g/mol. The van der Waals surface area contributed by atoms with E-state index in [0.717, 1.165) is 18.7 Å². The number of nitrogens with one attached hydrogen (secondary N) is 1. The van der Waals surface area contributed by atoms with E-state index in [1.807, 2.05) is 6.07 Å². The number of hydrogen-bond donors (Lipinski definition) is 1. The van der Waals surface area contributed by atoms with Gasteiger partial charge in [-0.2, -0.15) is 0 Å². The third kappa shape index (κ3) is 3.82. The average Bonchev–Trinajstić information content (AvgIpc) is 2.79. The molecule has 2 unspecified atom stereocenters. The van der Waals surface area contributed by atoms with Crippen LogP contribution < -0.4 is 10.1 Å². The Morgan fingerprint density at radius 2 is 2.42 bits per heavy atom. The maximum Gasteiger partial charge on any atom is 0.319 e. The second kappa shape index (κ2) is 6.56. The molecule has 104 valence electrons. The molecule has 0 amide bonds. The maximum atomic E-state index is 11.3. The van der Waals surface area contributed by atoms with E-state index in [0.29, 0.717) is 6.54 Å². The van der Waals surface area contributed by atoms with Gasteiger partial charge in [0.15, 0.2) is 0 Å². The highest BCUT2D eigenvalue weighted by molar-refractivity contribution is 14.1. The molecular weight excluding hydrogens is 357 g/mol. The summed E-state index contributed by atoms with van der Waals surface area (Å²) < 4.78 is 10.4. The van der Waals surface area contributed by atoms with Crippen molar-refractivity contribution in [1.29, 1.82) is 0 Å². The number of hydrogen-bond acceptors (Lipinski definition) is 4. The van der Waals surface area contributed by atoms with Gasteiger partial charge < -0.3 is 14.8 Å². The number of carbonyl (C=O) groups excluding carboxylic acids is 1. The first-order valence-electron chi connectivity index (χ1n) is 6.29. The van der Waals surface area contributed by atoms with Crippen molar-refractivity contribution in [3.63, 3.8) is 0 Å². The van der Waals surface area contributed by atoms with E-state index in [2.05, 4.69) is 51.7 Å². The molecule has 19 heavy (non-hydrogen) atoms. The Balaban J connectivity index is 1.77. The molecule has 0 spiro atoms. The van der Waals surface area contributed by atoms with Crippen LogP contribution in [0.5, 0.6) is 5.75 Å². The molecule has 1 N–H and O–H groups in total. The van der Waals surface area contributed by atoms with Crippen LogP contribution in [0.4, 0.5) is 0 Å². The van der Waals surface area contributed by atoms with E-state index < -0.39 is 0 Å². The molecule has 1 heterocycles. The number of methoxy groups -OCH3 is 1. The molecule has 0 aromatic heterocycles. The number of rotatable bonds is 5. The lowest BCUT2D eigenvalue weighted by Gasteiger charge is -2.13. The van der Waals surface area contributed by atoms with E-state index in [-0.39, 0.29) is 16.0 Å². The molecule has 0 bridgehead atoms. The first-order valence-corrected chi connectivity index (χ1v) is 7.53. The molecule has 1 aromatic carbocycles. The number of halogens is 1. The summed E-state index contributed by atoms with van der Waals surface area (Å²) >= 11 is 2.08. The smallest absolute Gasteiger partial charge is 0.319 e. The molecule has 1 aliphatic rings. The highest BCUT2D eigenvalue weighted by Crippen LogP contribution is 2.29. The Hall–Kier alpha value is -0.820. The Morgan fingerprint density at radius 3 is 3.16 bits per heavy atom. The van der Waals surface area contributed by atoms with Gasteiger partial charge in [0.05, 0.1) is 7.11 Å². The molecule has 2 atom stereocenters. The van der Waals surface area contributed by atoms with Gasteiger partial charge in [-0.25, -0.2) is 0 Å². The van der Waals surface area contributed by atoms with Crippen molar-refractivity contribution in [2.75, 3.05) is 20.2 Å². The number of aryl methyl sites for hydroxylation is 1. The van der Waals surface area contributed by atoms with Crippen molar-refractivity contribution in [3.05, 3.63) is 29.3 Å². The molecule has 2 rings (SSSR count). The number of fused-ring (bicyclic) bond motifs is 1. The van der Waals surface area contributed by atoms with Crippen molar-refractivity contribution >= 4 is 28.6 Å². The maximum absolute atomic E-state index is 11.3. The van der Waals surface area contributed by atoms with Crippen molar-refractivity contribution in [3.8, 4) is 5.75 Å². The lowest BCUT2D eigenvalue weighted by atomic mass is 10.1. The molecule has 0 saturated heterocycles. The third-order valence-corrected chi connectivity index (χ3v) is 4.06. The number of ether oxygens (including phenoxy) is 2. The summed E-state index contributed by atoms with van der Waals surface area (Å²) in [5.74, 6) is 0.788. The first-order chi connectivity index (χ1) is 9.10. The lowest BCUT2D eigenvalue weighted by molar-refractivity contribution is -0.139. The van der Waals surface area contributed by atoms with Gasteiger partial charge in [0, 0.05) is 19.5 Å². The highest BCUT2D eigenvalue weighted by atomic mass is 127. The zero-order valence-corrected chi connectivity index (χ0v) is 13.3. The minimum absolute atomic E-state index is 0.151. The van der Waals surface area contributed by atoms with Gasteiger partial charge in [0.25, 0.3) is 0 Å². The lowest BCUT2D eigenvalue weighted by Crippen LogP contribution is -2.36. The summed E-state index contributed by atoms with van der Waals surface area (Å²) in [6.07, 6.45) is 1.08. The molecule has 5 heteroatoms. The van der Waals surface area contributed by atoms with Crippen LogP contribution >= 0.6 is 22.6 Å². The summed E-state index contributed by atoms with van der Waals surface area (Å²) in [4.78, 5) is 11.3. The SMILES string of the molecule is COC(=O)C(I)CNCC1Cc2cc(C)ccc2O1. The zero-order valence-electron chi connectivity index (χ0n) is 11.1. The number of carbonyl (C=O) groups is 1. The Labute approximate surface area is 127 Å². The van der Waals surface area contributed by atoms with Crippen LogP contribution in [0.25, 0.3) is 0 Å². The fourth-order valence-corrected chi connectivity index (χ4v) is 2.71. The molecule has 0 saturated carbocycles. The van der Waals surface area contributed by atoms with Gasteiger partial charge in [0.1, 0.15) is 15.8 Å². The Bertz CT molecular complexity index is 464. The van der Waals surface area contributed by atoms with Gasteiger partial charge in [0.2, 0.25) is 0 Å². The van der Waals surface area contributed by atoms with Crippen LogP contribution in [0.2, 0.25) is 0 Å². The van der Waals surface area contributed by atoms with Crippen LogP contribution in [0.3, 0.4) is 0 Å². The number of benzene rings is 1. The van der Waals surface area contributed by atoms with E-state index in [1.165, 1.54) is 18.2 Å². The molecular formula is C14H18INO3. The molecule has 1 aliphatic heterocycles. The van der Waals surface area contributed by atoms with E-state index in [1.54, 1.807) is 0 Å². The molecule has 0 aliphatic carbocycles. The molecule has 0 fully saturated rings. The first kappa shape index (κ1) is 14.6. The largest absolute Gasteiger partial charge is 0.488 e. The second-order valence-electron chi connectivity index (χ2n) is 4.70. The van der Waals surface area contributed by atoms with E-state index >= 15 is 0 Å². The minimum atomic E-state index is -0.195. The zero-order chi connectivity index (χ0) is 13.8. The summed E-state index contributed by atoms with van der Waals surface area (Å²) in [6, 6.07) is 6.26. The van der Waals surface area contributed by atoms with Crippen LogP contribution in [-0.2, 0) is 16.0 Å².